The van der Waals surface area contributed by atoms with E-state index in [4.69, 9.17) is 5.73 Å². The lowest BCUT2D eigenvalue weighted by Gasteiger charge is -2.10. The van der Waals surface area contributed by atoms with Gasteiger partial charge in [-0.2, -0.15) is 0 Å². The first-order valence-corrected chi connectivity index (χ1v) is 7.34. The van der Waals surface area contributed by atoms with Crippen LogP contribution in [0.25, 0.3) is 11.0 Å². The minimum absolute atomic E-state index is 0.239. The molecule has 19 heavy (non-hydrogen) atoms. The van der Waals surface area contributed by atoms with Gasteiger partial charge < -0.3 is 10.3 Å². The topological polar surface area (TPSA) is 43.8 Å². The van der Waals surface area contributed by atoms with E-state index in [0.717, 1.165) is 25.0 Å². The molecule has 2 rings (SSSR count). The predicted molar refractivity (Wildman–Crippen MR) is 81.2 cm³/mol. The summed E-state index contributed by atoms with van der Waals surface area (Å²) in [6.45, 7) is 7.69. The third kappa shape index (κ3) is 3.16. The van der Waals surface area contributed by atoms with Crippen LogP contribution in [0.15, 0.2) is 24.5 Å². The molecule has 2 unspecified atom stereocenters. The Labute approximate surface area is 115 Å². The van der Waals surface area contributed by atoms with Crippen molar-refractivity contribution in [2.45, 2.75) is 52.6 Å². The van der Waals surface area contributed by atoms with Crippen LogP contribution in [0.2, 0.25) is 0 Å². The Morgan fingerprint density at radius 3 is 2.79 bits per heavy atom. The number of nitrogens with two attached hydrogens (primary N) is 1. The van der Waals surface area contributed by atoms with Crippen molar-refractivity contribution in [3.8, 4) is 0 Å². The second kappa shape index (κ2) is 6.20. The largest absolute Gasteiger partial charge is 0.332 e. The van der Waals surface area contributed by atoms with Crippen molar-refractivity contribution >= 4 is 11.0 Å². The average Bonchev–Trinajstić information content (AvgIpc) is 2.77. The highest BCUT2D eigenvalue weighted by molar-refractivity contribution is 5.80. The van der Waals surface area contributed by atoms with Gasteiger partial charge in [0.1, 0.15) is 5.65 Å². The highest BCUT2D eigenvalue weighted by atomic mass is 15.0. The summed E-state index contributed by atoms with van der Waals surface area (Å²) in [4.78, 5) is 4.54. The van der Waals surface area contributed by atoms with Crippen LogP contribution in [-0.4, -0.2) is 15.6 Å². The predicted octanol–water partition coefficient (Wildman–Crippen LogP) is 3.36. The minimum atomic E-state index is 0.239. The van der Waals surface area contributed by atoms with Crippen molar-refractivity contribution in [3.05, 3.63) is 30.1 Å². The number of nitrogens with zero attached hydrogens (tertiary/aromatic N) is 2. The Bertz CT molecular complexity index is 484. The maximum absolute atomic E-state index is 6.10. The fraction of sp³-hybridized carbons (Fsp3) is 0.562. The minimum Gasteiger partial charge on any atom is -0.332 e. The number of pyridine rings is 1. The van der Waals surface area contributed by atoms with E-state index in [9.17, 15) is 0 Å². The Kier molecular flexibility index (Phi) is 4.59. The number of hydrogen-bond acceptors (Lipinski definition) is 2. The second-order valence-corrected chi connectivity index (χ2v) is 5.57. The first-order valence-electron chi connectivity index (χ1n) is 7.34. The zero-order chi connectivity index (χ0) is 13.8. The standard InChI is InChI=1S/C16H25N3/c1-4-12(3)10-19-11-13(9-14(17)5-2)15-7-6-8-18-16(15)19/h6-8,11-12,14H,4-5,9-10,17H2,1-3H3. The van der Waals surface area contributed by atoms with Gasteiger partial charge in [0.2, 0.25) is 0 Å². The van der Waals surface area contributed by atoms with E-state index in [1.165, 1.54) is 17.4 Å². The Hall–Kier alpha value is -1.35. The van der Waals surface area contributed by atoms with E-state index in [2.05, 4.69) is 42.6 Å². The van der Waals surface area contributed by atoms with E-state index in [-0.39, 0.29) is 6.04 Å². The highest BCUT2D eigenvalue weighted by Gasteiger charge is 2.12. The van der Waals surface area contributed by atoms with Gasteiger partial charge in [-0.05, 0) is 36.5 Å². The summed E-state index contributed by atoms with van der Waals surface area (Å²) in [7, 11) is 0. The van der Waals surface area contributed by atoms with Crippen molar-refractivity contribution in [2.24, 2.45) is 11.7 Å². The van der Waals surface area contributed by atoms with Crippen LogP contribution in [0.1, 0.15) is 39.2 Å². The lowest BCUT2D eigenvalue weighted by atomic mass is 10.1. The van der Waals surface area contributed by atoms with Gasteiger partial charge in [-0.1, -0.05) is 27.2 Å². The molecule has 2 heterocycles. The van der Waals surface area contributed by atoms with Crippen LogP contribution in [0, 0.1) is 5.92 Å². The molecule has 0 spiro atoms. The summed E-state index contributed by atoms with van der Waals surface area (Å²) in [6.07, 6.45) is 7.26. The highest BCUT2D eigenvalue weighted by Crippen LogP contribution is 2.22. The van der Waals surface area contributed by atoms with Gasteiger partial charge >= 0.3 is 0 Å². The first kappa shape index (κ1) is 14.1. The molecular formula is C16H25N3. The lowest BCUT2D eigenvalue weighted by molar-refractivity contribution is 0.475. The molecule has 0 radical (unpaired) electrons. The maximum Gasteiger partial charge on any atom is 0.140 e. The molecule has 0 saturated heterocycles. The van der Waals surface area contributed by atoms with Crippen molar-refractivity contribution in [2.75, 3.05) is 0 Å². The molecule has 0 bridgehead atoms. The lowest BCUT2D eigenvalue weighted by Crippen LogP contribution is -2.21. The Morgan fingerprint density at radius 1 is 1.32 bits per heavy atom. The first-order chi connectivity index (χ1) is 9.15. The molecule has 0 fully saturated rings. The fourth-order valence-corrected chi connectivity index (χ4v) is 2.39. The summed E-state index contributed by atoms with van der Waals surface area (Å²) in [5.41, 5.74) is 8.54. The smallest absolute Gasteiger partial charge is 0.140 e. The molecule has 0 amide bonds. The van der Waals surface area contributed by atoms with Crippen molar-refractivity contribution in [3.63, 3.8) is 0 Å². The van der Waals surface area contributed by atoms with E-state index < -0.39 is 0 Å². The van der Waals surface area contributed by atoms with Crippen LogP contribution < -0.4 is 5.73 Å². The summed E-state index contributed by atoms with van der Waals surface area (Å²) in [6, 6.07) is 4.41. The van der Waals surface area contributed by atoms with Crippen LogP contribution in [0.4, 0.5) is 0 Å². The number of hydrogen-bond donors (Lipinski definition) is 1. The SMILES string of the molecule is CCC(C)Cn1cc(CC(N)CC)c2cccnc21. The van der Waals surface area contributed by atoms with Gasteiger partial charge in [0.05, 0.1) is 0 Å². The molecule has 2 atom stereocenters. The maximum atomic E-state index is 6.10. The van der Waals surface area contributed by atoms with Crippen LogP contribution in [0.5, 0.6) is 0 Å². The normalized spacial score (nSPS) is 14.7. The van der Waals surface area contributed by atoms with Gasteiger partial charge in [0, 0.05) is 30.4 Å². The number of fused-ring (bicyclic) bond motifs is 1. The zero-order valence-electron chi connectivity index (χ0n) is 12.3. The third-order valence-electron chi connectivity index (χ3n) is 3.93. The van der Waals surface area contributed by atoms with E-state index in [1.54, 1.807) is 0 Å². The van der Waals surface area contributed by atoms with E-state index in [0.29, 0.717) is 5.92 Å². The van der Waals surface area contributed by atoms with Crippen molar-refractivity contribution in [1.82, 2.24) is 9.55 Å². The van der Waals surface area contributed by atoms with Crippen molar-refractivity contribution < 1.29 is 0 Å². The van der Waals surface area contributed by atoms with E-state index >= 15 is 0 Å². The molecule has 0 aliphatic carbocycles. The fourth-order valence-electron chi connectivity index (χ4n) is 2.39. The molecule has 2 N–H and O–H groups in total. The molecule has 0 aliphatic rings. The summed E-state index contributed by atoms with van der Waals surface area (Å²) in [5.74, 6) is 0.672. The van der Waals surface area contributed by atoms with Gasteiger partial charge in [-0.15, -0.1) is 0 Å². The number of aromatic nitrogens is 2. The molecule has 0 saturated carbocycles. The summed E-state index contributed by atoms with van der Waals surface area (Å²) in [5, 5.41) is 1.26. The van der Waals surface area contributed by atoms with Crippen LogP contribution in [0.3, 0.4) is 0 Å². The molecular weight excluding hydrogens is 234 g/mol. The third-order valence-corrected chi connectivity index (χ3v) is 3.93. The molecule has 104 valence electrons. The average molecular weight is 259 g/mol. The van der Waals surface area contributed by atoms with E-state index in [1.807, 2.05) is 12.3 Å². The molecule has 3 heteroatoms. The molecule has 2 aromatic rings. The quantitative estimate of drug-likeness (QED) is 0.864. The molecule has 2 aromatic heterocycles. The van der Waals surface area contributed by atoms with Gasteiger partial charge in [0.25, 0.3) is 0 Å². The molecule has 0 aromatic carbocycles. The van der Waals surface area contributed by atoms with Gasteiger partial charge in [-0.3, -0.25) is 0 Å². The van der Waals surface area contributed by atoms with Gasteiger partial charge in [0.15, 0.2) is 0 Å². The number of rotatable bonds is 6. The molecule has 3 nitrogen and oxygen atoms in total. The Balaban J connectivity index is 2.36. The van der Waals surface area contributed by atoms with Gasteiger partial charge in [-0.25, -0.2) is 4.98 Å². The van der Waals surface area contributed by atoms with Crippen LogP contribution in [-0.2, 0) is 13.0 Å². The van der Waals surface area contributed by atoms with Crippen molar-refractivity contribution in [1.29, 1.82) is 0 Å². The Morgan fingerprint density at radius 2 is 2.11 bits per heavy atom. The zero-order valence-corrected chi connectivity index (χ0v) is 12.3. The summed E-state index contributed by atoms with van der Waals surface area (Å²) < 4.78 is 2.29. The monoisotopic (exact) mass is 259 g/mol. The molecule has 0 aliphatic heterocycles. The van der Waals surface area contributed by atoms with Crippen LogP contribution >= 0.6 is 0 Å². The second-order valence-electron chi connectivity index (χ2n) is 5.57. The summed E-state index contributed by atoms with van der Waals surface area (Å²) >= 11 is 0.